The molecule has 0 aromatic heterocycles. The van der Waals surface area contributed by atoms with Gasteiger partial charge in [-0.1, -0.05) is 12.1 Å². The molecule has 0 aliphatic carbocycles. The molecule has 1 amide bonds. The zero-order valence-electron chi connectivity index (χ0n) is 15.3. The average Bonchev–Trinajstić information content (AvgIpc) is 2.65. The van der Waals surface area contributed by atoms with E-state index >= 15 is 0 Å². The highest BCUT2D eigenvalue weighted by Gasteiger charge is 2.29. The van der Waals surface area contributed by atoms with Gasteiger partial charge in [0, 0.05) is 19.3 Å². The van der Waals surface area contributed by atoms with Gasteiger partial charge in [-0.05, 0) is 31.9 Å². The second-order valence-corrected chi connectivity index (χ2v) is 8.24. The number of likely N-dealkylation sites (tertiary alicyclic amines) is 1. The summed E-state index contributed by atoms with van der Waals surface area (Å²) in [6.07, 6.45) is 1.99. The number of amides is 1. The smallest absolute Gasteiger partial charge is 0.339 e. The number of ether oxygens (including phenoxy) is 2. The summed E-state index contributed by atoms with van der Waals surface area (Å²) < 4.78 is 33.5. The van der Waals surface area contributed by atoms with Gasteiger partial charge in [-0.25, -0.2) is 13.2 Å². The Morgan fingerprint density at radius 1 is 1.11 bits per heavy atom. The van der Waals surface area contributed by atoms with Crippen LogP contribution < -0.4 is 0 Å². The Hall–Kier alpha value is -2.42. The highest BCUT2D eigenvalue weighted by atomic mass is 32.2. The first kappa shape index (κ1) is 20.9. The van der Waals surface area contributed by atoms with Crippen LogP contribution in [0.3, 0.4) is 0 Å². The predicted octanol–water partition coefficient (Wildman–Crippen LogP) is 1.05. The lowest BCUT2D eigenvalue weighted by Crippen LogP contribution is -2.42. The molecule has 1 aliphatic heterocycles. The van der Waals surface area contributed by atoms with Gasteiger partial charge in [-0.3, -0.25) is 9.59 Å². The van der Waals surface area contributed by atoms with Crippen LogP contribution in [-0.4, -0.2) is 63.7 Å². The van der Waals surface area contributed by atoms with Gasteiger partial charge in [-0.2, -0.15) is 0 Å². The molecule has 148 valence electrons. The summed E-state index contributed by atoms with van der Waals surface area (Å²) in [7, 11) is -3.60. The molecule has 2 rings (SSSR count). The van der Waals surface area contributed by atoms with Crippen LogP contribution in [0.1, 0.15) is 30.1 Å². The summed E-state index contributed by atoms with van der Waals surface area (Å²) in [5.41, 5.74) is -0.103. The van der Waals surface area contributed by atoms with Gasteiger partial charge < -0.3 is 14.4 Å². The topological polar surface area (TPSA) is 107 Å². The first-order valence-electron chi connectivity index (χ1n) is 8.64. The zero-order chi connectivity index (χ0) is 20.0. The number of piperidine rings is 1. The second kappa shape index (κ2) is 8.98. The Bertz CT molecular complexity index is 811. The van der Waals surface area contributed by atoms with Crippen molar-refractivity contribution >= 4 is 27.7 Å². The van der Waals surface area contributed by atoms with Gasteiger partial charge in [0.15, 0.2) is 16.4 Å². The quantitative estimate of drug-likeness (QED) is 0.660. The number of sulfone groups is 1. The summed E-state index contributed by atoms with van der Waals surface area (Å²) in [5, 5.41) is 0. The van der Waals surface area contributed by atoms with E-state index in [4.69, 9.17) is 9.47 Å². The van der Waals surface area contributed by atoms with Crippen molar-refractivity contribution < 1.29 is 32.3 Å². The normalized spacial score (nSPS) is 15.3. The minimum absolute atomic E-state index is 0.103. The molecule has 0 N–H and O–H groups in total. The maximum absolute atomic E-state index is 12.2. The van der Waals surface area contributed by atoms with Crippen LogP contribution >= 0.6 is 0 Å². The summed E-state index contributed by atoms with van der Waals surface area (Å²) >= 11 is 0. The Morgan fingerprint density at radius 2 is 1.74 bits per heavy atom. The van der Waals surface area contributed by atoms with Crippen LogP contribution in [0, 0.1) is 5.92 Å². The van der Waals surface area contributed by atoms with E-state index in [1.807, 2.05) is 0 Å². The number of nitrogens with zero attached hydrogens (tertiary/aromatic N) is 1. The first-order chi connectivity index (χ1) is 12.7. The van der Waals surface area contributed by atoms with E-state index in [0.717, 1.165) is 6.26 Å². The maximum Gasteiger partial charge on any atom is 0.339 e. The van der Waals surface area contributed by atoms with Crippen LogP contribution in [0.15, 0.2) is 29.2 Å². The van der Waals surface area contributed by atoms with E-state index in [-0.39, 0.29) is 28.3 Å². The van der Waals surface area contributed by atoms with E-state index in [9.17, 15) is 22.8 Å². The largest absolute Gasteiger partial charge is 0.466 e. The zero-order valence-corrected chi connectivity index (χ0v) is 16.2. The van der Waals surface area contributed by atoms with Gasteiger partial charge in [0.1, 0.15) is 0 Å². The number of esters is 2. The lowest BCUT2D eigenvalue weighted by atomic mass is 9.97. The lowest BCUT2D eigenvalue weighted by Gasteiger charge is -2.30. The van der Waals surface area contributed by atoms with Gasteiger partial charge in [0.05, 0.1) is 23.0 Å². The van der Waals surface area contributed by atoms with Crippen LogP contribution in [0.2, 0.25) is 0 Å². The van der Waals surface area contributed by atoms with Gasteiger partial charge in [-0.15, -0.1) is 0 Å². The summed E-state index contributed by atoms with van der Waals surface area (Å²) in [4.78, 5) is 37.5. The third-order valence-electron chi connectivity index (χ3n) is 4.30. The molecule has 1 aromatic rings. The third-order valence-corrected chi connectivity index (χ3v) is 5.46. The molecule has 0 unspecified atom stereocenters. The number of hydrogen-bond acceptors (Lipinski definition) is 7. The molecule has 8 nitrogen and oxygen atoms in total. The predicted molar refractivity (Wildman–Crippen MR) is 95.8 cm³/mol. The Balaban J connectivity index is 1.90. The van der Waals surface area contributed by atoms with Crippen molar-refractivity contribution in [1.29, 1.82) is 0 Å². The maximum atomic E-state index is 12.2. The van der Waals surface area contributed by atoms with E-state index in [2.05, 4.69) is 0 Å². The molecule has 9 heteroatoms. The Kier molecular flexibility index (Phi) is 6.95. The number of carbonyl (C=O) groups is 3. The molecule has 0 atom stereocenters. The van der Waals surface area contributed by atoms with Crippen molar-refractivity contribution in [3.05, 3.63) is 29.8 Å². The summed E-state index contributed by atoms with van der Waals surface area (Å²) in [6, 6.07) is 5.68. The fraction of sp³-hybridized carbons (Fsp3) is 0.500. The van der Waals surface area contributed by atoms with Crippen molar-refractivity contribution in [2.24, 2.45) is 5.92 Å². The first-order valence-corrected chi connectivity index (χ1v) is 10.5. The van der Waals surface area contributed by atoms with E-state index < -0.39 is 22.4 Å². The highest BCUT2D eigenvalue weighted by molar-refractivity contribution is 7.90. The van der Waals surface area contributed by atoms with Crippen molar-refractivity contribution in [3.8, 4) is 0 Å². The fourth-order valence-electron chi connectivity index (χ4n) is 2.88. The molecule has 1 heterocycles. The minimum Gasteiger partial charge on any atom is -0.466 e. The lowest BCUT2D eigenvalue weighted by molar-refractivity contribution is -0.151. The monoisotopic (exact) mass is 397 g/mol. The van der Waals surface area contributed by atoms with E-state index in [1.165, 1.54) is 29.2 Å². The molecule has 1 saturated heterocycles. The molecule has 0 saturated carbocycles. The van der Waals surface area contributed by atoms with E-state index in [1.54, 1.807) is 6.92 Å². The molecular weight excluding hydrogens is 374 g/mol. The highest BCUT2D eigenvalue weighted by Crippen LogP contribution is 2.19. The van der Waals surface area contributed by atoms with Crippen molar-refractivity contribution in [3.63, 3.8) is 0 Å². The van der Waals surface area contributed by atoms with Crippen LogP contribution in [-0.2, 0) is 28.9 Å². The number of benzene rings is 1. The Morgan fingerprint density at radius 3 is 2.33 bits per heavy atom. The Labute approximate surface area is 158 Å². The summed E-state index contributed by atoms with van der Waals surface area (Å²) in [6.45, 7) is 2.33. The van der Waals surface area contributed by atoms with Gasteiger partial charge in [0.25, 0.3) is 5.91 Å². The van der Waals surface area contributed by atoms with Crippen molar-refractivity contribution in [1.82, 2.24) is 4.90 Å². The van der Waals surface area contributed by atoms with Crippen LogP contribution in [0.4, 0.5) is 0 Å². The molecule has 0 radical (unpaired) electrons. The summed E-state index contributed by atoms with van der Waals surface area (Å²) in [5.74, 6) is -1.74. The molecule has 0 spiro atoms. The number of carbonyl (C=O) groups excluding carboxylic acids is 3. The molecule has 1 fully saturated rings. The molecule has 27 heavy (non-hydrogen) atoms. The molecule has 1 aromatic carbocycles. The van der Waals surface area contributed by atoms with Gasteiger partial charge in [0.2, 0.25) is 0 Å². The third kappa shape index (κ3) is 5.53. The fourth-order valence-corrected chi connectivity index (χ4v) is 3.76. The number of rotatable bonds is 6. The second-order valence-electron chi connectivity index (χ2n) is 6.25. The van der Waals surface area contributed by atoms with Gasteiger partial charge >= 0.3 is 11.9 Å². The van der Waals surface area contributed by atoms with Crippen molar-refractivity contribution in [2.45, 2.75) is 24.7 Å². The minimum atomic E-state index is -3.60. The van der Waals surface area contributed by atoms with E-state index in [0.29, 0.717) is 32.5 Å². The molecule has 0 bridgehead atoms. The average molecular weight is 397 g/mol. The standard InChI is InChI=1S/C18H23NO7S/c1-3-25-17(21)13-8-10-19(11-9-13)16(20)12-26-18(22)14-6-4-5-7-15(14)27(2,23)24/h4-7,13H,3,8-12H2,1-2H3. The van der Waals surface area contributed by atoms with Crippen LogP contribution in [0.25, 0.3) is 0 Å². The SMILES string of the molecule is CCOC(=O)C1CCN(C(=O)COC(=O)c2ccccc2S(C)(=O)=O)CC1. The molecular formula is C18H23NO7S. The molecule has 1 aliphatic rings. The number of hydrogen-bond donors (Lipinski definition) is 0. The van der Waals surface area contributed by atoms with Crippen LogP contribution in [0.5, 0.6) is 0 Å². The van der Waals surface area contributed by atoms with Crippen molar-refractivity contribution in [2.75, 3.05) is 32.6 Å².